The molecule has 0 amide bonds. The van der Waals surface area contributed by atoms with Crippen molar-refractivity contribution in [3.63, 3.8) is 0 Å². The van der Waals surface area contributed by atoms with Crippen LogP contribution in [-0.4, -0.2) is 35.6 Å². The maximum Gasteiger partial charge on any atom is 0.0198 e. The normalized spacial score (nSPS) is 27.5. The van der Waals surface area contributed by atoms with E-state index in [0.717, 1.165) is 6.54 Å². The first-order valence-electron chi connectivity index (χ1n) is 7.66. The molecule has 1 aliphatic rings. The second-order valence-corrected chi connectivity index (χ2v) is 7.95. The number of hydrogen-bond donors (Lipinski definition) is 1. The van der Waals surface area contributed by atoms with Gasteiger partial charge in [0, 0.05) is 30.7 Å². The van der Waals surface area contributed by atoms with E-state index in [1.807, 2.05) is 0 Å². The fourth-order valence-electron chi connectivity index (χ4n) is 3.71. The molecular weight excluding hydrogens is 220 g/mol. The first-order valence-corrected chi connectivity index (χ1v) is 7.66. The van der Waals surface area contributed by atoms with Gasteiger partial charge in [-0.25, -0.2) is 0 Å². The number of piperazine rings is 1. The number of hydrogen-bond acceptors (Lipinski definition) is 2. The fourth-order valence-corrected chi connectivity index (χ4v) is 3.71. The lowest BCUT2D eigenvalue weighted by Gasteiger charge is -2.50. The van der Waals surface area contributed by atoms with Crippen LogP contribution in [0.25, 0.3) is 0 Å². The minimum atomic E-state index is 0.297. The van der Waals surface area contributed by atoms with Crippen molar-refractivity contribution in [3.8, 4) is 0 Å². The third-order valence-corrected chi connectivity index (χ3v) is 4.03. The van der Waals surface area contributed by atoms with Gasteiger partial charge in [0.05, 0.1) is 0 Å². The minimum absolute atomic E-state index is 0.297. The van der Waals surface area contributed by atoms with E-state index in [0.29, 0.717) is 23.0 Å². The van der Waals surface area contributed by atoms with Crippen LogP contribution in [0.2, 0.25) is 0 Å². The number of nitrogens with zero attached hydrogens (tertiary/aromatic N) is 1. The third kappa shape index (κ3) is 4.55. The van der Waals surface area contributed by atoms with E-state index in [-0.39, 0.29) is 0 Å². The van der Waals surface area contributed by atoms with E-state index < -0.39 is 0 Å². The van der Waals surface area contributed by atoms with Gasteiger partial charge in [0.25, 0.3) is 0 Å². The Morgan fingerprint density at radius 1 is 1.17 bits per heavy atom. The molecule has 2 unspecified atom stereocenters. The average molecular weight is 254 g/mol. The van der Waals surface area contributed by atoms with Crippen LogP contribution in [0.3, 0.4) is 0 Å². The Morgan fingerprint density at radius 2 is 1.78 bits per heavy atom. The summed E-state index contributed by atoms with van der Waals surface area (Å²) < 4.78 is 0. The Labute approximate surface area is 115 Å². The molecule has 2 heteroatoms. The van der Waals surface area contributed by atoms with Crippen molar-refractivity contribution < 1.29 is 0 Å². The monoisotopic (exact) mass is 254 g/mol. The van der Waals surface area contributed by atoms with Gasteiger partial charge in [-0.2, -0.15) is 0 Å². The second-order valence-electron chi connectivity index (χ2n) is 7.95. The summed E-state index contributed by atoms with van der Waals surface area (Å²) in [5.41, 5.74) is 0.695. The van der Waals surface area contributed by atoms with E-state index in [4.69, 9.17) is 0 Å². The summed E-state index contributed by atoms with van der Waals surface area (Å²) >= 11 is 0. The zero-order valence-corrected chi connectivity index (χ0v) is 13.6. The van der Waals surface area contributed by atoms with E-state index in [1.54, 1.807) is 0 Å². The highest BCUT2D eigenvalue weighted by Crippen LogP contribution is 2.33. The van der Waals surface area contributed by atoms with E-state index in [1.165, 1.54) is 25.8 Å². The van der Waals surface area contributed by atoms with Crippen LogP contribution in [0, 0.1) is 5.41 Å². The summed E-state index contributed by atoms with van der Waals surface area (Å²) in [5, 5.41) is 3.69. The summed E-state index contributed by atoms with van der Waals surface area (Å²) in [5.74, 6) is 0. The van der Waals surface area contributed by atoms with E-state index in [2.05, 4.69) is 58.7 Å². The first kappa shape index (κ1) is 16.0. The van der Waals surface area contributed by atoms with Crippen molar-refractivity contribution in [1.29, 1.82) is 0 Å². The molecule has 0 aromatic carbocycles. The Bertz CT molecular complexity index is 252. The van der Waals surface area contributed by atoms with Crippen LogP contribution in [0.5, 0.6) is 0 Å². The number of nitrogens with one attached hydrogen (secondary N) is 1. The summed E-state index contributed by atoms with van der Waals surface area (Å²) in [7, 11) is 0. The van der Waals surface area contributed by atoms with Crippen molar-refractivity contribution in [2.45, 2.75) is 85.4 Å². The highest BCUT2D eigenvalue weighted by Gasteiger charge is 2.37. The van der Waals surface area contributed by atoms with E-state index >= 15 is 0 Å². The second kappa shape index (κ2) is 5.92. The van der Waals surface area contributed by atoms with E-state index in [9.17, 15) is 0 Å². The van der Waals surface area contributed by atoms with Gasteiger partial charge in [-0.3, -0.25) is 4.90 Å². The summed E-state index contributed by atoms with van der Waals surface area (Å²) in [4.78, 5) is 2.73. The van der Waals surface area contributed by atoms with Gasteiger partial charge in [0.2, 0.25) is 0 Å². The topological polar surface area (TPSA) is 15.3 Å². The van der Waals surface area contributed by atoms with Crippen molar-refractivity contribution in [1.82, 2.24) is 10.2 Å². The minimum Gasteiger partial charge on any atom is -0.311 e. The Balaban J connectivity index is 2.71. The summed E-state index contributed by atoms with van der Waals surface area (Å²) in [6.45, 7) is 18.9. The molecule has 0 bridgehead atoms. The molecule has 1 saturated heterocycles. The van der Waals surface area contributed by atoms with Gasteiger partial charge in [0.1, 0.15) is 0 Å². The Kier molecular flexibility index (Phi) is 5.25. The standard InChI is InChI=1S/C16H34N2/c1-8-9-14-11-18(13(2)10-17-14)16(6,7)12-15(3,4)5/h13-14,17H,8-12H2,1-7H3. The van der Waals surface area contributed by atoms with Gasteiger partial charge < -0.3 is 5.32 Å². The van der Waals surface area contributed by atoms with Crippen LogP contribution >= 0.6 is 0 Å². The molecule has 0 aromatic rings. The lowest BCUT2D eigenvalue weighted by Crippen LogP contribution is -2.62. The summed E-state index contributed by atoms with van der Waals surface area (Å²) in [6.07, 6.45) is 3.83. The highest BCUT2D eigenvalue weighted by molar-refractivity contribution is 4.94. The molecular formula is C16H34N2. The molecule has 1 rings (SSSR count). The maximum atomic E-state index is 3.69. The summed E-state index contributed by atoms with van der Waals surface area (Å²) in [6, 6.07) is 1.33. The van der Waals surface area contributed by atoms with Crippen molar-refractivity contribution >= 4 is 0 Å². The van der Waals surface area contributed by atoms with Gasteiger partial charge in [-0.15, -0.1) is 0 Å². The largest absolute Gasteiger partial charge is 0.311 e. The SMILES string of the molecule is CCCC1CN(C(C)(C)CC(C)(C)C)C(C)CN1. The molecule has 0 radical (unpaired) electrons. The molecule has 1 aliphatic heterocycles. The lowest BCUT2D eigenvalue weighted by molar-refractivity contribution is 0.0122. The molecule has 0 aliphatic carbocycles. The Hall–Kier alpha value is -0.0800. The van der Waals surface area contributed by atoms with Crippen LogP contribution in [0.4, 0.5) is 0 Å². The van der Waals surface area contributed by atoms with Crippen molar-refractivity contribution in [2.75, 3.05) is 13.1 Å². The quantitative estimate of drug-likeness (QED) is 0.823. The predicted molar refractivity (Wildman–Crippen MR) is 81.0 cm³/mol. The Morgan fingerprint density at radius 3 is 2.28 bits per heavy atom. The van der Waals surface area contributed by atoms with Crippen molar-refractivity contribution in [3.05, 3.63) is 0 Å². The smallest absolute Gasteiger partial charge is 0.0198 e. The average Bonchev–Trinajstić information content (AvgIpc) is 2.17. The van der Waals surface area contributed by atoms with Crippen molar-refractivity contribution in [2.24, 2.45) is 5.41 Å². The van der Waals surface area contributed by atoms with Crippen LogP contribution in [-0.2, 0) is 0 Å². The third-order valence-electron chi connectivity index (χ3n) is 4.03. The van der Waals surface area contributed by atoms with Gasteiger partial charge in [-0.1, -0.05) is 34.1 Å². The van der Waals surface area contributed by atoms with Crippen LogP contribution in [0.15, 0.2) is 0 Å². The molecule has 108 valence electrons. The maximum absolute atomic E-state index is 3.69. The van der Waals surface area contributed by atoms with Crippen LogP contribution < -0.4 is 5.32 Å². The molecule has 1 heterocycles. The predicted octanol–water partition coefficient (Wildman–Crippen LogP) is 3.66. The lowest BCUT2D eigenvalue weighted by atomic mass is 9.79. The molecule has 2 nitrogen and oxygen atoms in total. The zero-order valence-electron chi connectivity index (χ0n) is 13.6. The molecule has 1 N–H and O–H groups in total. The first-order chi connectivity index (χ1) is 8.15. The number of rotatable bonds is 4. The molecule has 0 spiro atoms. The van der Waals surface area contributed by atoms with Crippen LogP contribution in [0.1, 0.15) is 67.7 Å². The molecule has 0 aromatic heterocycles. The zero-order chi connectivity index (χ0) is 14.0. The fraction of sp³-hybridized carbons (Fsp3) is 1.00. The molecule has 18 heavy (non-hydrogen) atoms. The van der Waals surface area contributed by atoms with Gasteiger partial charge in [0.15, 0.2) is 0 Å². The van der Waals surface area contributed by atoms with Gasteiger partial charge in [-0.05, 0) is 39.0 Å². The molecule has 1 fully saturated rings. The molecule has 0 saturated carbocycles. The highest BCUT2D eigenvalue weighted by atomic mass is 15.3. The molecule has 2 atom stereocenters. The van der Waals surface area contributed by atoms with Gasteiger partial charge >= 0.3 is 0 Å².